The summed E-state index contributed by atoms with van der Waals surface area (Å²) in [5, 5.41) is 3.53. The maximum absolute atomic E-state index is 5.47. The third kappa shape index (κ3) is 3.36. The lowest BCUT2D eigenvalue weighted by atomic mass is 9.93. The van der Waals surface area contributed by atoms with Gasteiger partial charge < -0.3 is 19.7 Å². The zero-order chi connectivity index (χ0) is 15.6. The summed E-state index contributed by atoms with van der Waals surface area (Å²) in [4.78, 5) is 2.51. The Morgan fingerprint density at radius 2 is 1.81 bits per heavy atom. The highest BCUT2D eigenvalue weighted by molar-refractivity contribution is 5.77. The van der Waals surface area contributed by atoms with E-state index in [-0.39, 0.29) is 5.41 Å². The van der Waals surface area contributed by atoms with Crippen LogP contribution in [0.2, 0.25) is 0 Å². The van der Waals surface area contributed by atoms with Gasteiger partial charge in [-0.3, -0.25) is 0 Å². The lowest BCUT2D eigenvalue weighted by Gasteiger charge is -2.42. The molecule has 0 amide bonds. The molecule has 1 N–H and O–H groups in total. The molecule has 0 saturated carbocycles. The molecule has 4 heteroatoms. The molecule has 1 aliphatic rings. The second-order valence-electron chi connectivity index (χ2n) is 6.86. The van der Waals surface area contributed by atoms with Gasteiger partial charge in [0.05, 0.1) is 25.6 Å². The lowest BCUT2D eigenvalue weighted by Crippen LogP contribution is -2.47. The Kier molecular flexibility index (Phi) is 4.55. The number of anilines is 2. The van der Waals surface area contributed by atoms with Gasteiger partial charge in [-0.2, -0.15) is 0 Å². The van der Waals surface area contributed by atoms with Crippen molar-refractivity contribution in [3.8, 4) is 11.5 Å². The van der Waals surface area contributed by atoms with Crippen molar-refractivity contribution in [2.24, 2.45) is 5.41 Å². The maximum atomic E-state index is 5.47. The predicted molar refractivity (Wildman–Crippen MR) is 88.9 cm³/mol. The van der Waals surface area contributed by atoms with Gasteiger partial charge in [0.1, 0.15) is 0 Å². The van der Waals surface area contributed by atoms with Crippen molar-refractivity contribution in [1.82, 2.24) is 0 Å². The van der Waals surface area contributed by atoms with E-state index in [9.17, 15) is 0 Å². The van der Waals surface area contributed by atoms with Crippen molar-refractivity contribution in [2.45, 2.75) is 40.2 Å². The molecule has 1 aliphatic heterocycles. The number of nitrogens with zero attached hydrogens (tertiary/aromatic N) is 1. The van der Waals surface area contributed by atoms with Gasteiger partial charge in [-0.05, 0) is 11.8 Å². The summed E-state index contributed by atoms with van der Waals surface area (Å²) >= 11 is 0. The van der Waals surface area contributed by atoms with Gasteiger partial charge in [-0.15, -0.1) is 0 Å². The van der Waals surface area contributed by atoms with Crippen LogP contribution in [-0.4, -0.2) is 33.4 Å². The largest absolute Gasteiger partial charge is 0.493 e. The van der Waals surface area contributed by atoms with Crippen LogP contribution < -0.4 is 19.7 Å². The first kappa shape index (κ1) is 15.8. The Morgan fingerprint density at radius 3 is 2.33 bits per heavy atom. The van der Waals surface area contributed by atoms with Gasteiger partial charge in [0.15, 0.2) is 11.5 Å². The molecule has 0 fully saturated rings. The van der Waals surface area contributed by atoms with Crippen LogP contribution in [0.1, 0.15) is 34.1 Å². The fraction of sp³-hybridized carbons (Fsp3) is 0.647. The number of benzene rings is 1. The fourth-order valence-electron chi connectivity index (χ4n) is 2.87. The van der Waals surface area contributed by atoms with E-state index in [1.165, 1.54) is 5.69 Å². The fourth-order valence-corrected chi connectivity index (χ4v) is 2.87. The van der Waals surface area contributed by atoms with Gasteiger partial charge in [0, 0.05) is 31.3 Å². The van der Waals surface area contributed by atoms with Crippen LogP contribution in [0.4, 0.5) is 11.4 Å². The molecule has 1 heterocycles. The second kappa shape index (κ2) is 6.04. The molecule has 21 heavy (non-hydrogen) atoms. The standard InChI is InChI=1S/C17H28N2O2/c1-7-12-10-18-13-8-15(20-5)16(21-6)9-14(13)19(12)11-17(2,3)4/h8-9,12,18H,7,10-11H2,1-6H3. The molecular weight excluding hydrogens is 264 g/mol. The first-order valence-corrected chi connectivity index (χ1v) is 7.66. The number of rotatable bonds is 4. The molecule has 1 unspecified atom stereocenters. The topological polar surface area (TPSA) is 33.7 Å². The Morgan fingerprint density at radius 1 is 1.19 bits per heavy atom. The van der Waals surface area contributed by atoms with Crippen LogP contribution in [0, 0.1) is 5.41 Å². The Labute approximate surface area is 128 Å². The number of fused-ring (bicyclic) bond motifs is 1. The summed E-state index contributed by atoms with van der Waals surface area (Å²) in [6.45, 7) is 11.1. The molecule has 1 aromatic rings. The van der Waals surface area contributed by atoms with E-state index in [2.05, 4.69) is 44.0 Å². The van der Waals surface area contributed by atoms with Crippen molar-refractivity contribution < 1.29 is 9.47 Å². The highest BCUT2D eigenvalue weighted by Crippen LogP contribution is 2.42. The predicted octanol–water partition coefficient (Wildman–Crippen LogP) is 3.76. The molecule has 0 radical (unpaired) electrons. The van der Waals surface area contributed by atoms with Crippen LogP contribution in [0.5, 0.6) is 11.5 Å². The van der Waals surface area contributed by atoms with Crippen LogP contribution >= 0.6 is 0 Å². The molecule has 0 spiro atoms. The Bertz CT molecular complexity index is 494. The second-order valence-corrected chi connectivity index (χ2v) is 6.86. The summed E-state index contributed by atoms with van der Waals surface area (Å²) in [7, 11) is 3.36. The normalized spacial score (nSPS) is 18.0. The maximum Gasteiger partial charge on any atom is 0.162 e. The minimum atomic E-state index is 0.245. The highest BCUT2D eigenvalue weighted by Gasteiger charge is 2.29. The number of nitrogens with one attached hydrogen (secondary N) is 1. The number of hydrogen-bond donors (Lipinski definition) is 1. The summed E-state index contributed by atoms with van der Waals surface area (Å²) < 4.78 is 10.9. The number of methoxy groups -OCH3 is 2. The van der Waals surface area contributed by atoms with Gasteiger partial charge in [0.2, 0.25) is 0 Å². The van der Waals surface area contributed by atoms with Crippen molar-refractivity contribution in [1.29, 1.82) is 0 Å². The molecule has 0 aliphatic carbocycles. The third-order valence-corrected chi connectivity index (χ3v) is 3.90. The monoisotopic (exact) mass is 292 g/mol. The van der Waals surface area contributed by atoms with E-state index in [4.69, 9.17) is 9.47 Å². The zero-order valence-corrected chi connectivity index (χ0v) is 14.1. The van der Waals surface area contributed by atoms with Crippen LogP contribution in [0.25, 0.3) is 0 Å². The molecule has 1 aromatic carbocycles. The lowest BCUT2D eigenvalue weighted by molar-refractivity contribution is 0.353. The summed E-state index contributed by atoms with van der Waals surface area (Å²) in [6.07, 6.45) is 1.12. The molecule has 2 rings (SSSR count). The van der Waals surface area contributed by atoms with Crippen LogP contribution in [0.15, 0.2) is 12.1 Å². The van der Waals surface area contributed by atoms with Gasteiger partial charge in [-0.1, -0.05) is 27.7 Å². The van der Waals surface area contributed by atoms with E-state index in [0.29, 0.717) is 6.04 Å². The molecular formula is C17H28N2O2. The van der Waals surface area contributed by atoms with Crippen LogP contribution in [0.3, 0.4) is 0 Å². The summed E-state index contributed by atoms with van der Waals surface area (Å²) in [6, 6.07) is 4.64. The van der Waals surface area contributed by atoms with Gasteiger partial charge >= 0.3 is 0 Å². The first-order valence-electron chi connectivity index (χ1n) is 7.66. The minimum absolute atomic E-state index is 0.245. The molecule has 0 bridgehead atoms. The molecule has 118 valence electrons. The van der Waals surface area contributed by atoms with Crippen molar-refractivity contribution >= 4 is 11.4 Å². The van der Waals surface area contributed by atoms with Crippen molar-refractivity contribution in [2.75, 3.05) is 37.5 Å². The SMILES string of the molecule is CCC1CNc2cc(OC)c(OC)cc2N1CC(C)(C)C. The third-order valence-electron chi connectivity index (χ3n) is 3.90. The average Bonchev–Trinajstić information content (AvgIpc) is 2.44. The quantitative estimate of drug-likeness (QED) is 0.916. The van der Waals surface area contributed by atoms with E-state index in [1.807, 2.05) is 6.07 Å². The molecule has 0 aromatic heterocycles. The molecule has 1 atom stereocenters. The smallest absolute Gasteiger partial charge is 0.162 e. The van der Waals surface area contributed by atoms with Crippen molar-refractivity contribution in [3.05, 3.63) is 12.1 Å². The van der Waals surface area contributed by atoms with Gasteiger partial charge in [0.25, 0.3) is 0 Å². The van der Waals surface area contributed by atoms with Crippen LogP contribution in [-0.2, 0) is 0 Å². The Hall–Kier alpha value is -1.58. The summed E-state index contributed by atoms with van der Waals surface area (Å²) in [5.74, 6) is 1.56. The number of ether oxygens (including phenoxy) is 2. The highest BCUT2D eigenvalue weighted by atomic mass is 16.5. The van der Waals surface area contributed by atoms with E-state index >= 15 is 0 Å². The zero-order valence-electron chi connectivity index (χ0n) is 14.1. The Balaban J connectivity index is 2.45. The van der Waals surface area contributed by atoms with E-state index < -0.39 is 0 Å². The average molecular weight is 292 g/mol. The van der Waals surface area contributed by atoms with E-state index in [0.717, 1.165) is 36.7 Å². The molecule has 0 saturated heterocycles. The number of hydrogen-bond acceptors (Lipinski definition) is 4. The van der Waals surface area contributed by atoms with Crippen molar-refractivity contribution in [3.63, 3.8) is 0 Å². The molecule has 4 nitrogen and oxygen atoms in total. The van der Waals surface area contributed by atoms with Gasteiger partial charge in [-0.25, -0.2) is 0 Å². The first-order chi connectivity index (χ1) is 9.89. The summed E-state index contributed by atoms with van der Waals surface area (Å²) in [5.41, 5.74) is 2.58. The minimum Gasteiger partial charge on any atom is -0.493 e. The van der Waals surface area contributed by atoms with E-state index in [1.54, 1.807) is 14.2 Å².